The SMILES string of the molecule is O=C(CC(C(=O)c1ccc(Cl)cc1)C1C(=O)NOC1=O)c1ccccc1. The Balaban J connectivity index is 1.92. The van der Waals surface area contributed by atoms with Gasteiger partial charge in [-0.05, 0) is 24.3 Å². The van der Waals surface area contributed by atoms with Crippen LogP contribution in [0.2, 0.25) is 5.02 Å². The highest BCUT2D eigenvalue weighted by Crippen LogP contribution is 2.27. The molecule has 1 saturated heterocycles. The van der Waals surface area contributed by atoms with Gasteiger partial charge in [0.15, 0.2) is 17.5 Å². The fourth-order valence-electron chi connectivity index (χ4n) is 2.81. The standard InChI is InChI=1S/C19H14ClNO5/c20-13-8-6-12(7-9-13)17(23)14(16-18(24)21-26-19(16)25)10-15(22)11-4-2-1-3-5-11/h1-9,14,16H,10H2,(H,21,24). The van der Waals surface area contributed by atoms with E-state index in [0.29, 0.717) is 10.6 Å². The van der Waals surface area contributed by atoms with E-state index in [4.69, 9.17) is 11.6 Å². The second kappa shape index (κ2) is 7.49. The van der Waals surface area contributed by atoms with Gasteiger partial charge < -0.3 is 4.84 Å². The number of nitrogens with one attached hydrogen (secondary N) is 1. The summed E-state index contributed by atoms with van der Waals surface area (Å²) in [6.45, 7) is 0. The van der Waals surface area contributed by atoms with Crippen molar-refractivity contribution in [1.29, 1.82) is 0 Å². The summed E-state index contributed by atoms with van der Waals surface area (Å²) in [5.74, 6) is -4.98. The van der Waals surface area contributed by atoms with Gasteiger partial charge in [-0.2, -0.15) is 5.48 Å². The van der Waals surface area contributed by atoms with Crippen LogP contribution in [-0.2, 0) is 14.4 Å². The molecule has 0 spiro atoms. The Kier molecular flexibility index (Phi) is 5.14. The van der Waals surface area contributed by atoms with Crippen molar-refractivity contribution in [3.8, 4) is 0 Å². The van der Waals surface area contributed by atoms with Crippen molar-refractivity contribution >= 4 is 35.0 Å². The first-order valence-electron chi connectivity index (χ1n) is 7.86. The second-order valence-corrected chi connectivity index (χ2v) is 6.27. The first-order valence-corrected chi connectivity index (χ1v) is 8.23. The van der Waals surface area contributed by atoms with E-state index in [1.165, 1.54) is 24.3 Å². The quantitative estimate of drug-likeness (QED) is 0.622. The average Bonchev–Trinajstić information content (AvgIpc) is 2.99. The zero-order valence-electron chi connectivity index (χ0n) is 13.5. The molecule has 0 aromatic heterocycles. The lowest BCUT2D eigenvalue weighted by Crippen LogP contribution is -2.34. The highest BCUT2D eigenvalue weighted by atomic mass is 35.5. The lowest BCUT2D eigenvalue weighted by atomic mass is 9.81. The van der Waals surface area contributed by atoms with Gasteiger partial charge in [-0.1, -0.05) is 41.9 Å². The Hall–Kier alpha value is -2.99. The third-order valence-corrected chi connectivity index (χ3v) is 4.41. The van der Waals surface area contributed by atoms with E-state index in [0.717, 1.165) is 0 Å². The van der Waals surface area contributed by atoms with Gasteiger partial charge in [0.25, 0.3) is 5.91 Å². The van der Waals surface area contributed by atoms with Crippen LogP contribution in [0.1, 0.15) is 27.1 Å². The maximum atomic E-state index is 12.9. The number of hydrogen-bond acceptors (Lipinski definition) is 5. The molecular formula is C19H14ClNO5. The maximum Gasteiger partial charge on any atom is 0.345 e. The van der Waals surface area contributed by atoms with Gasteiger partial charge in [-0.15, -0.1) is 0 Å². The molecule has 0 radical (unpaired) electrons. The van der Waals surface area contributed by atoms with E-state index in [9.17, 15) is 19.2 Å². The van der Waals surface area contributed by atoms with Crippen LogP contribution < -0.4 is 5.48 Å². The lowest BCUT2D eigenvalue weighted by Gasteiger charge is -2.17. The van der Waals surface area contributed by atoms with Crippen molar-refractivity contribution in [1.82, 2.24) is 5.48 Å². The van der Waals surface area contributed by atoms with Crippen molar-refractivity contribution in [3.63, 3.8) is 0 Å². The molecule has 0 saturated carbocycles. The molecule has 6 nitrogen and oxygen atoms in total. The molecule has 2 aromatic carbocycles. The predicted molar refractivity (Wildman–Crippen MR) is 92.4 cm³/mol. The minimum atomic E-state index is -1.37. The molecule has 1 N–H and O–H groups in total. The molecule has 2 unspecified atom stereocenters. The first kappa shape index (κ1) is 17.8. The molecule has 0 aliphatic carbocycles. The first-order chi connectivity index (χ1) is 12.5. The number of hydroxylamine groups is 1. The number of rotatable bonds is 6. The van der Waals surface area contributed by atoms with E-state index in [1.54, 1.807) is 30.3 Å². The minimum Gasteiger partial charge on any atom is -0.340 e. The highest BCUT2D eigenvalue weighted by molar-refractivity contribution is 6.30. The summed E-state index contributed by atoms with van der Waals surface area (Å²) in [4.78, 5) is 53.9. The Labute approximate surface area is 154 Å². The predicted octanol–water partition coefficient (Wildman–Crippen LogP) is 2.62. The van der Waals surface area contributed by atoms with Crippen molar-refractivity contribution in [2.75, 3.05) is 0 Å². The Bertz CT molecular complexity index is 847. The molecule has 1 aliphatic rings. The van der Waals surface area contributed by atoms with Gasteiger partial charge in [0, 0.05) is 22.6 Å². The number of carbonyl (C=O) groups excluding carboxylic acids is 4. The number of Topliss-reactive ketones (excluding diaryl/α,β-unsaturated/α-hetero) is 2. The molecule has 1 heterocycles. The molecule has 2 aromatic rings. The Morgan fingerprint density at radius 3 is 2.23 bits per heavy atom. The van der Waals surface area contributed by atoms with Crippen LogP contribution in [0.15, 0.2) is 54.6 Å². The number of hydrogen-bond donors (Lipinski definition) is 1. The molecule has 1 fully saturated rings. The average molecular weight is 372 g/mol. The minimum absolute atomic E-state index is 0.257. The lowest BCUT2D eigenvalue weighted by molar-refractivity contribution is -0.146. The summed E-state index contributed by atoms with van der Waals surface area (Å²) in [7, 11) is 0. The van der Waals surface area contributed by atoms with Crippen LogP contribution in [-0.4, -0.2) is 23.4 Å². The van der Waals surface area contributed by atoms with Gasteiger partial charge in [0.05, 0.1) is 5.92 Å². The third-order valence-electron chi connectivity index (χ3n) is 4.16. The van der Waals surface area contributed by atoms with Crippen LogP contribution >= 0.6 is 11.6 Å². The zero-order chi connectivity index (χ0) is 18.7. The van der Waals surface area contributed by atoms with Gasteiger partial charge >= 0.3 is 5.97 Å². The monoisotopic (exact) mass is 371 g/mol. The molecular weight excluding hydrogens is 358 g/mol. The molecule has 26 heavy (non-hydrogen) atoms. The van der Waals surface area contributed by atoms with E-state index >= 15 is 0 Å². The maximum absolute atomic E-state index is 12.9. The summed E-state index contributed by atoms with van der Waals surface area (Å²) < 4.78 is 0. The molecule has 3 rings (SSSR count). The zero-order valence-corrected chi connectivity index (χ0v) is 14.2. The topological polar surface area (TPSA) is 89.5 Å². The largest absolute Gasteiger partial charge is 0.345 e. The highest BCUT2D eigenvalue weighted by Gasteiger charge is 2.46. The number of ketones is 2. The molecule has 1 amide bonds. The molecule has 132 valence electrons. The third kappa shape index (κ3) is 3.65. The molecule has 2 atom stereocenters. The van der Waals surface area contributed by atoms with Crippen LogP contribution in [0.4, 0.5) is 0 Å². The van der Waals surface area contributed by atoms with Crippen LogP contribution in [0.3, 0.4) is 0 Å². The molecule has 0 bridgehead atoms. The van der Waals surface area contributed by atoms with Crippen molar-refractivity contribution in [2.24, 2.45) is 11.8 Å². The number of halogens is 1. The molecule has 7 heteroatoms. The van der Waals surface area contributed by atoms with Crippen molar-refractivity contribution < 1.29 is 24.0 Å². The van der Waals surface area contributed by atoms with Gasteiger partial charge in [-0.3, -0.25) is 14.4 Å². The van der Waals surface area contributed by atoms with Gasteiger partial charge in [0.2, 0.25) is 0 Å². The van der Waals surface area contributed by atoms with Gasteiger partial charge in [-0.25, -0.2) is 4.79 Å². The number of amides is 1. The fraction of sp³-hybridized carbons (Fsp3) is 0.158. The summed E-state index contributed by atoms with van der Waals surface area (Å²) in [5, 5.41) is 0.441. The summed E-state index contributed by atoms with van der Waals surface area (Å²) in [6, 6.07) is 14.4. The fourth-order valence-corrected chi connectivity index (χ4v) is 2.94. The second-order valence-electron chi connectivity index (χ2n) is 5.84. The molecule has 1 aliphatic heterocycles. The normalized spacial score (nSPS) is 17.3. The van der Waals surface area contributed by atoms with E-state index in [2.05, 4.69) is 4.84 Å². The van der Waals surface area contributed by atoms with E-state index < -0.39 is 29.5 Å². The van der Waals surface area contributed by atoms with Crippen LogP contribution in [0, 0.1) is 11.8 Å². The number of carbonyl (C=O) groups is 4. The van der Waals surface area contributed by atoms with E-state index in [1.807, 2.05) is 5.48 Å². The summed E-state index contributed by atoms with van der Waals surface area (Å²) >= 11 is 5.83. The van der Waals surface area contributed by atoms with Crippen LogP contribution in [0.5, 0.6) is 0 Å². The van der Waals surface area contributed by atoms with Gasteiger partial charge in [0.1, 0.15) is 0 Å². The summed E-state index contributed by atoms with van der Waals surface area (Å²) in [5.41, 5.74) is 2.61. The smallest absolute Gasteiger partial charge is 0.340 e. The Morgan fingerprint density at radius 1 is 1.00 bits per heavy atom. The van der Waals surface area contributed by atoms with E-state index in [-0.39, 0.29) is 17.8 Å². The number of benzene rings is 2. The Morgan fingerprint density at radius 2 is 1.65 bits per heavy atom. The summed E-state index contributed by atoms with van der Waals surface area (Å²) in [6.07, 6.45) is -0.293. The van der Waals surface area contributed by atoms with Crippen molar-refractivity contribution in [3.05, 3.63) is 70.7 Å². The van der Waals surface area contributed by atoms with Crippen molar-refractivity contribution in [2.45, 2.75) is 6.42 Å². The van der Waals surface area contributed by atoms with Crippen LogP contribution in [0.25, 0.3) is 0 Å².